The zero-order valence-corrected chi connectivity index (χ0v) is 23.4. The van der Waals surface area contributed by atoms with Gasteiger partial charge in [0.15, 0.2) is 0 Å². The lowest BCUT2D eigenvalue weighted by atomic mass is 9.89. The fraction of sp³-hybridized carbons (Fsp3) is 0. The largest absolute Gasteiger partial charge is 0.354 e. The highest BCUT2D eigenvalue weighted by molar-refractivity contribution is 6.26. The van der Waals surface area contributed by atoms with Crippen LogP contribution in [0, 0.1) is 0 Å². The Bertz CT molecular complexity index is 2580. The molecule has 0 radical (unpaired) electrons. The van der Waals surface area contributed by atoms with Crippen molar-refractivity contribution in [3.63, 3.8) is 0 Å². The lowest BCUT2D eigenvalue weighted by molar-refractivity contribution is 1.48. The Kier molecular flexibility index (Phi) is 4.51. The molecular weight excluding hydrogens is 518 g/mol. The first-order chi connectivity index (χ1) is 21.3. The Morgan fingerprint density at radius 1 is 0.349 bits per heavy atom. The summed E-state index contributed by atoms with van der Waals surface area (Å²) in [6.07, 6.45) is 0. The smallest absolute Gasteiger partial charge is 0.0551 e. The monoisotopic (exact) mass is 543 g/mol. The van der Waals surface area contributed by atoms with Gasteiger partial charge >= 0.3 is 0 Å². The minimum absolute atomic E-state index is 1.18. The predicted octanol–water partition coefficient (Wildman–Crippen LogP) is 11.8. The van der Waals surface area contributed by atoms with E-state index in [1.165, 1.54) is 98.6 Å². The third-order valence-corrected chi connectivity index (χ3v) is 9.54. The van der Waals surface area contributed by atoms with E-state index in [-0.39, 0.29) is 0 Å². The van der Waals surface area contributed by atoms with Crippen LogP contribution in [0.15, 0.2) is 146 Å². The third-order valence-electron chi connectivity index (χ3n) is 9.54. The molecule has 0 saturated heterocycles. The summed E-state index contributed by atoms with van der Waals surface area (Å²) in [5.74, 6) is 0. The molecule has 0 atom stereocenters. The van der Waals surface area contributed by atoms with Gasteiger partial charge in [-0.05, 0) is 89.1 Å². The van der Waals surface area contributed by atoms with Crippen molar-refractivity contribution in [3.8, 4) is 44.6 Å². The molecule has 0 bridgehead atoms. The predicted molar refractivity (Wildman–Crippen MR) is 184 cm³/mol. The van der Waals surface area contributed by atoms with Gasteiger partial charge in [-0.3, -0.25) is 0 Å². The molecule has 1 nitrogen and oxygen atoms in total. The average molecular weight is 544 g/mol. The van der Waals surface area contributed by atoms with Crippen molar-refractivity contribution in [1.82, 2.24) is 4.98 Å². The van der Waals surface area contributed by atoms with Crippen LogP contribution in [0.2, 0.25) is 0 Å². The van der Waals surface area contributed by atoms with Gasteiger partial charge in [-0.1, -0.05) is 127 Å². The molecule has 0 fully saturated rings. The number of fused-ring (bicyclic) bond motifs is 11. The van der Waals surface area contributed by atoms with Crippen LogP contribution >= 0.6 is 0 Å². The van der Waals surface area contributed by atoms with Crippen LogP contribution in [0.1, 0.15) is 0 Å². The molecule has 0 unspecified atom stereocenters. The van der Waals surface area contributed by atoms with E-state index in [0.717, 1.165) is 0 Å². The van der Waals surface area contributed by atoms with Gasteiger partial charge < -0.3 is 4.98 Å². The molecule has 1 heteroatoms. The van der Waals surface area contributed by atoms with Crippen molar-refractivity contribution in [2.24, 2.45) is 0 Å². The molecule has 43 heavy (non-hydrogen) atoms. The van der Waals surface area contributed by atoms with Gasteiger partial charge in [0.25, 0.3) is 0 Å². The van der Waals surface area contributed by atoms with E-state index in [1.54, 1.807) is 0 Å². The highest BCUT2D eigenvalue weighted by Crippen LogP contribution is 2.50. The fourth-order valence-corrected chi connectivity index (χ4v) is 7.66. The van der Waals surface area contributed by atoms with Gasteiger partial charge in [0.05, 0.1) is 5.69 Å². The summed E-state index contributed by atoms with van der Waals surface area (Å²) in [6.45, 7) is 0. The third kappa shape index (κ3) is 3.11. The van der Waals surface area contributed by atoms with Crippen LogP contribution in [-0.2, 0) is 0 Å². The lowest BCUT2D eigenvalue weighted by Crippen LogP contribution is -1.88. The molecule has 1 N–H and O–H groups in total. The molecule has 0 aliphatic heterocycles. The van der Waals surface area contributed by atoms with E-state index in [0.29, 0.717) is 0 Å². The van der Waals surface area contributed by atoms with Crippen molar-refractivity contribution >= 4 is 54.0 Å². The molecule has 10 rings (SSSR count). The highest BCUT2D eigenvalue weighted by Gasteiger charge is 2.25. The molecule has 1 aliphatic rings. The van der Waals surface area contributed by atoms with Gasteiger partial charge in [0.2, 0.25) is 0 Å². The van der Waals surface area contributed by atoms with Crippen molar-refractivity contribution in [2.75, 3.05) is 0 Å². The van der Waals surface area contributed by atoms with Crippen molar-refractivity contribution in [2.45, 2.75) is 0 Å². The summed E-state index contributed by atoms with van der Waals surface area (Å²) in [5, 5.41) is 11.7. The first kappa shape index (κ1) is 23.0. The molecule has 0 spiro atoms. The summed E-state index contributed by atoms with van der Waals surface area (Å²) in [5.41, 5.74) is 11.3. The second kappa shape index (κ2) is 8.44. The SMILES string of the molecule is c1ccc(-c2ccc3c4ccccc4c4ccccc4c3c2)c(-c2ccc3[nH]c4c(c3c2)-c2cccc3cccc-4c23)c1. The summed E-state index contributed by atoms with van der Waals surface area (Å²) in [6, 6.07) is 53.7. The summed E-state index contributed by atoms with van der Waals surface area (Å²) in [4.78, 5) is 3.76. The van der Waals surface area contributed by atoms with Gasteiger partial charge in [0, 0.05) is 22.0 Å². The number of H-pyrrole nitrogens is 1. The zero-order valence-electron chi connectivity index (χ0n) is 23.4. The van der Waals surface area contributed by atoms with Crippen LogP contribution < -0.4 is 0 Å². The van der Waals surface area contributed by atoms with Gasteiger partial charge in [-0.2, -0.15) is 0 Å². The number of hydrogen-bond acceptors (Lipinski definition) is 0. The van der Waals surface area contributed by atoms with E-state index in [4.69, 9.17) is 0 Å². The van der Waals surface area contributed by atoms with Gasteiger partial charge in [-0.25, -0.2) is 0 Å². The number of benzene rings is 8. The number of hydrogen-bond donors (Lipinski definition) is 1. The van der Waals surface area contributed by atoms with Crippen LogP contribution in [0.5, 0.6) is 0 Å². The molecule has 198 valence electrons. The molecular formula is C42H25N. The molecule has 1 aromatic heterocycles. The highest BCUT2D eigenvalue weighted by atomic mass is 14.7. The van der Waals surface area contributed by atoms with Crippen molar-refractivity contribution < 1.29 is 0 Å². The first-order valence-electron chi connectivity index (χ1n) is 14.9. The summed E-state index contributed by atoms with van der Waals surface area (Å²) < 4.78 is 0. The van der Waals surface area contributed by atoms with Crippen molar-refractivity contribution in [3.05, 3.63) is 146 Å². The van der Waals surface area contributed by atoms with E-state index in [9.17, 15) is 0 Å². The number of nitrogens with one attached hydrogen (secondary N) is 1. The molecule has 8 aromatic carbocycles. The Labute approximate surface area is 248 Å². The fourth-order valence-electron chi connectivity index (χ4n) is 7.66. The van der Waals surface area contributed by atoms with E-state index in [1.807, 2.05) is 0 Å². The maximum atomic E-state index is 3.76. The quantitative estimate of drug-likeness (QED) is 0.209. The standard InChI is InChI=1S/C42H25N/c1-2-12-29(27-20-22-39-38(24-27)41-35-17-7-9-25-10-8-18-36(40(25)35)42(41)43-39)28(11-1)26-19-21-34-32-15-4-3-13-30(32)31-14-5-6-16-33(31)37(34)23-26/h1-24,43H. The second-order valence-corrected chi connectivity index (χ2v) is 11.7. The minimum Gasteiger partial charge on any atom is -0.354 e. The summed E-state index contributed by atoms with van der Waals surface area (Å²) in [7, 11) is 0. The molecule has 0 saturated carbocycles. The Balaban J connectivity index is 1.19. The minimum atomic E-state index is 1.18. The lowest BCUT2D eigenvalue weighted by Gasteiger charge is -2.14. The normalized spacial score (nSPS) is 12.2. The van der Waals surface area contributed by atoms with Crippen LogP contribution in [0.3, 0.4) is 0 Å². The Morgan fingerprint density at radius 3 is 1.53 bits per heavy atom. The maximum absolute atomic E-state index is 3.76. The molecule has 0 amide bonds. The van der Waals surface area contributed by atoms with E-state index in [2.05, 4.69) is 151 Å². The van der Waals surface area contributed by atoms with E-state index >= 15 is 0 Å². The first-order valence-corrected chi connectivity index (χ1v) is 14.9. The van der Waals surface area contributed by atoms with Crippen LogP contribution in [0.25, 0.3) is 98.6 Å². The zero-order chi connectivity index (χ0) is 28.1. The van der Waals surface area contributed by atoms with Crippen LogP contribution in [0.4, 0.5) is 0 Å². The number of rotatable bonds is 2. The second-order valence-electron chi connectivity index (χ2n) is 11.7. The molecule has 1 aliphatic carbocycles. The topological polar surface area (TPSA) is 15.8 Å². The van der Waals surface area contributed by atoms with Crippen molar-refractivity contribution in [1.29, 1.82) is 0 Å². The maximum Gasteiger partial charge on any atom is 0.0551 e. The number of aromatic amines is 1. The Hall–Kier alpha value is -5.66. The molecule has 9 aromatic rings. The molecule has 1 heterocycles. The van der Waals surface area contributed by atoms with Gasteiger partial charge in [-0.15, -0.1) is 0 Å². The van der Waals surface area contributed by atoms with Crippen LogP contribution in [-0.4, -0.2) is 4.98 Å². The summed E-state index contributed by atoms with van der Waals surface area (Å²) >= 11 is 0. The Morgan fingerprint density at radius 2 is 0.860 bits per heavy atom. The average Bonchev–Trinajstić information content (AvgIpc) is 3.61. The number of aromatic nitrogens is 1. The van der Waals surface area contributed by atoms with E-state index < -0.39 is 0 Å². The van der Waals surface area contributed by atoms with Gasteiger partial charge in [0.1, 0.15) is 0 Å².